The Hall–Kier alpha value is -3.35. The third-order valence-corrected chi connectivity index (χ3v) is 7.27. The quantitative estimate of drug-likeness (QED) is 0.572. The molecule has 4 unspecified atom stereocenters. The smallest absolute Gasteiger partial charge is 0.407 e. The molecule has 2 aromatic rings. The standard InChI is InChI=1S/C26H28N2O5/c29-24(30)12-11-23(25(31)27-22-10-9-15-13-20(15)22)28-26(32)33-14-21-18-7-3-1-5-16(18)17-6-2-4-8-19(17)21/h1-8,15,20-23H,9-14H2,(H,27,31)(H,28,32)(H,29,30). The normalized spacial score (nSPS) is 23.1. The number of carbonyl (C=O) groups excluding carboxylic acids is 2. The molecular weight excluding hydrogens is 420 g/mol. The molecule has 0 radical (unpaired) electrons. The Morgan fingerprint density at radius 1 is 1.00 bits per heavy atom. The van der Waals surface area contributed by atoms with Crippen molar-refractivity contribution in [3.8, 4) is 11.1 Å². The number of carboxylic acids is 1. The summed E-state index contributed by atoms with van der Waals surface area (Å²) in [5, 5.41) is 14.7. The number of aliphatic carboxylic acids is 1. The van der Waals surface area contributed by atoms with Crippen molar-refractivity contribution in [2.24, 2.45) is 11.8 Å². The van der Waals surface area contributed by atoms with E-state index in [4.69, 9.17) is 9.84 Å². The largest absolute Gasteiger partial charge is 0.481 e. The number of ether oxygens (including phenoxy) is 1. The van der Waals surface area contributed by atoms with Crippen molar-refractivity contribution in [1.29, 1.82) is 0 Å². The fourth-order valence-electron chi connectivity index (χ4n) is 5.48. The molecule has 172 valence electrons. The molecule has 0 saturated heterocycles. The number of hydrogen-bond acceptors (Lipinski definition) is 4. The van der Waals surface area contributed by atoms with Gasteiger partial charge in [-0.05, 0) is 59.8 Å². The number of benzene rings is 2. The molecule has 0 aliphatic heterocycles. The molecule has 7 heteroatoms. The van der Waals surface area contributed by atoms with Crippen molar-refractivity contribution in [2.75, 3.05) is 6.61 Å². The second-order valence-corrected chi connectivity index (χ2v) is 9.31. The molecule has 3 N–H and O–H groups in total. The summed E-state index contributed by atoms with van der Waals surface area (Å²) in [6, 6.07) is 15.3. The summed E-state index contributed by atoms with van der Waals surface area (Å²) in [7, 11) is 0. The molecule has 33 heavy (non-hydrogen) atoms. The van der Waals surface area contributed by atoms with E-state index in [2.05, 4.69) is 22.8 Å². The number of amides is 2. The third kappa shape index (κ3) is 4.45. The van der Waals surface area contributed by atoms with Gasteiger partial charge in [-0.1, -0.05) is 48.5 Å². The van der Waals surface area contributed by atoms with Gasteiger partial charge in [0.2, 0.25) is 5.91 Å². The lowest BCUT2D eigenvalue weighted by atomic mass is 9.98. The zero-order valence-electron chi connectivity index (χ0n) is 18.3. The van der Waals surface area contributed by atoms with Gasteiger partial charge in [-0.2, -0.15) is 0 Å². The van der Waals surface area contributed by atoms with Gasteiger partial charge in [0, 0.05) is 18.4 Å². The highest BCUT2D eigenvalue weighted by molar-refractivity contribution is 5.86. The van der Waals surface area contributed by atoms with E-state index in [9.17, 15) is 14.4 Å². The monoisotopic (exact) mass is 448 g/mol. The van der Waals surface area contributed by atoms with Crippen LogP contribution < -0.4 is 10.6 Å². The maximum absolute atomic E-state index is 12.8. The number of carboxylic acid groups (broad SMARTS) is 1. The van der Waals surface area contributed by atoms with Crippen LogP contribution in [0, 0.1) is 11.8 Å². The van der Waals surface area contributed by atoms with Gasteiger partial charge in [0.1, 0.15) is 12.6 Å². The van der Waals surface area contributed by atoms with Gasteiger partial charge in [0.15, 0.2) is 0 Å². The Morgan fingerprint density at radius 2 is 1.67 bits per heavy atom. The van der Waals surface area contributed by atoms with Gasteiger partial charge in [-0.3, -0.25) is 9.59 Å². The molecule has 0 bridgehead atoms. The molecule has 7 nitrogen and oxygen atoms in total. The second-order valence-electron chi connectivity index (χ2n) is 9.31. The van der Waals surface area contributed by atoms with Gasteiger partial charge in [0.25, 0.3) is 0 Å². The first-order valence-corrected chi connectivity index (χ1v) is 11.6. The third-order valence-electron chi connectivity index (χ3n) is 7.27. The lowest BCUT2D eigenvalue weighted by molar-refractivity contribution is -0.137. The molecule has 5 rings (SSSR count). The summed E-state index contributed by atoms with van der Waals surface area (Å²) >= 11 is 0. The van der Waals surface area contributed by atoms with E-state index in [-0.39, 0.29) is 37.3 Å². The van der Waals surface area contributed by atoms with E-state index >= 15 is 0 Å². The number of carbonyl (C=O) groups is 3. The summed E-state index contributed by atoms with van der Waals surface area (Å²) in [4.78, 5) is 36.5. The molecular formula is C26H28N2O5. The molecule has 0 aromatic heterocycles. The number of hydrogen-bond donors (Lipinski definition) is 3. The van der Waals surface area contributed by atoms with Crippen LogP contribution in [0.1, 0.15) is 49.1 Å². The fourth-order valence-corrected chi connectivity index (χ4v) is 5.48. The second kappa shape index (κ2) is 8.89. The number of rotatable bonds is 8. The Balaban J connectivity index is 1.22. The maximum atomic E-state index is 12.8. The molecule has 3 aliphatic rings. The Labute approximate surface area is 192 Å². The predicted octanol–water partition coefficient (Wildman–Crippen LogP) is 3.67. The number of nitrogens with one attached hydrogen (secondary N) is 2. The van der Waals surface area contributed by atoms with E-state index in [1.54, 1.807) is 0 Å². The van der Waals surface area contributed by atoms with Crippen LogP contribution >= 0.6 is 0 Å². The van der Waals surface area contributed by atoms with Crippen LogP contribution in [0.15, 0.2) is 48.5 Å². The van der Waals surface area contributed by atoms with Crippen molar-refractivity contribution in [1.82, 2.24) is 10.6 Å². The first kappa shape index (κ1) is 21.5. The van der Waals surface area contributed by atoms with Crippen LogP contribution in [0.3, 0.4) is 0 Å². The molecule has 0 heterocycles. The minimum atomic E-state index is -1.01. The van der Waals surface area contributed by atoms with E-state index < -0.39 is 18.1 Å². The van der Waals surface area contributed by atoms with Crippen LogP contribution in [-0.4, -0.2) is 41.8 Å². The van der Waals surface area contributed by atoms with Crippen LogP contribution in [0.5, 0.6) is 0 Å². The zero-order valence-corrected chi connectivity index (χ0v) is 18.3. The molecule has 2 aromatic carbocycles. The summed E-state index contributed by atoms with van der Waals surface area (Å²) in [5.74, 6) is -0.182. The molecule has 0 spiro atoms. The highest BCUT2D eigenvalue weighted by Gasteiger charge is 2.48. The van der Waals surface area contributed by atoms with Gasteiger partial charge >= 0.3 is 12.1 Å². The minimum absolute atomic E-state index is 0.0200. The predicted molar refractivity (Wildman–Crippen MR) is 122 cm³/mol. The SMILES string of the molecule is O=C(O)CCC(NC(=O)OCC1c2ccccc2-c2ccccc21)C(=O)NC1CCC2CC21. The fraction of sp³-hybridized carbons (Fsp3) is 0.423. The molecule has 4 atom stereocenters. The summed E-state index contributed by atoms with van der Waals surface area (Å²) in [6.07, 6.45) is 2.31. The van der Waals surface area contributed by atoms with E-state index in [1.807, 2.05) is 36.4 Å². The summed E-state index contributed by atoms with van der Waals surface area (Å²) in [5.41, 5.74) is 4.48. The molecule has 2 fully saturated rings. The van der Waals surface area contributed by atoms with Crippen molar-refractivity contribution in [3.05, 3.63) is 59.7 Å². The van der Waals surface area contributed by atoms with Crippen molar-refractivity contribution < 1.29 is 24.2 Å². The van der Waals surface area contributed by atoms with Gasteiger partial charge in [-0.25, -0.2) is 4.79 Å². The van der Waals surface area contributed by atoms with Crippen LogP contribution in [-0.2, 0) is 14.3 Å². The molecule has 3 aliphatic carbocycles. The Kier molecular flexibility index (Phi) is 5.79. The minimum Gasteiger partial charge on any atom is -0.481 e. The van der Waals surface area contributed by atoms with Gasteiger partial charge in [0.05, 0.1) is 0 Å². The number of alkyl carbamates (subject to hydrolysis) is 1. The first-order chi connectivity index (χ1) is 16.0. The van der Waals surface area contributed by atoms with E-state index in [0.29, 0.717) is 11.8 Å². The van der Waals surface area contributed by atoms with Gasteiger partial charge in [-0.15, -0.1) is 0 Å². The summed E-state index contributed by atoms with van der Waals surface area (Å²) in [6.45, 7) is 0.138. The van der Waals surface area contributed by atoms with Gasteiger partial charge < -0.3 is 20.5 Å². The topological polar surface area (TPSA) is 105 Å². The maximum Gasteiger partial charge on any atom is 0.407 e. The summed E-state index contributed by atoms with van der Waals surface area (Å²) < 4.78 is 5.55. The van der Waals surface area contributed by atoms with Crippen molar-refractivity contribution in [3.63, 3.8) is 0 Å². The zero-order chi connectivity index (χ0) is 22.9. The van der Waals surface area contributed by atoms with E-state index in [1.165, 1.54) is 0 Å². The Bertz CT molecular complexity index is 1040. The molecule has 2 amide bonds. The lowest BCUT2D eigenvalue weighted by Gasteiger charge is -2.22. The Morgan fingerprint density at radius 3 is 2.24 bits per heavy atom. The van der Waals surface area contributed by atoms with E-state index in [0.717, 1.165) is 41.5 Å². The highest BCUT2D eigenvalue weighted by atomic mass is 16.5. The highest BCUT2D eigenvalue weighted by Crippen LogP contribution is 2.51. The average Bonchev–Trinajstić information content (AvgIpc) is 3.39. The molecule has 2 saturated carbocycles. The van der Waals surface area contributed by atoms with Crippen molar-refractivity contribution in [2.45, 2.75) is 50.1 Å². The van der Waals surface area contributed by atoms with Crippen LogP contribution in [0.4, 0.5) is 4.79 Å². The van der Waals surface area contributed by atoms with Crippen LogP contribution in [0.25, 0.3) is 11.1 Å². The average molecular weight is 449 g/mol. The lowest BCUT2D eigenvalue weighted by Crippen LogP contribution is -2.50. The van der Waals surface area contributed by atoms with Crippen LogP contribution in [0.2, 0.25) is 0 Å². The van der Waals surface area contributed by atoms with Crippen molar-refractivity contribution >= 4 is 18.0 Å². The first-order valence-electron chi connectivity index (χ1n) is 11.6. The number of fused-ring (bicyclic) bond motifs is 4.